The Bertz CT molecular complexity index is 1110. The standard InChI is InChI=1S/C22H16N4O2/c27-21(16-6-2-1-3-7-16)18-8-4-5-9-19(18)22(28)25-17-10-11-20(24-14-17)26-13-12-23-15-26/h1-15H,(H,25,28). The number of hydrogen-bond donors (Lipinski definition) is 1. The van der Waals surface area contributed by atoms with E-state index in [1.54, 1.807) is 90.1 Å². The van der Waals surface area contributed by atoms with Crippen molar-refractivity contribution >= 4 is 17.4 Å². The molecule has 0 aliphatic carbocycles. The van der Waals surface area contributed by atoms with E-state index in [4.69, 9.17) is 0 Å². The summed E-state index contributed by atoms with van der Waals surface area (Å²) in [7, 11) is 0. The van der Waals surface area contributed by atoms with E-state index in [1.165, 1.54) is 0 Å². The molecule has 0 radical (unpaired) electrons. The molecule has 1 N–H and O–H groups in total. The molecule has 0 atom stereocenters. The number of aromatic nitrogens is 3. The molecule has 2 aromatic heterocycles. The second kappa shape index (κ2) is 7.67. The number of anilines is 1. The van der Waals surface area contributed by atoms with E-state index in [1.807, 2.05) is 6.07 Å². The number of nitrogens with one attached hydrogen (secondary N) is 1. The summed E-state index contributed by atoms with van der Waals surface area (Å²) in [5.41, 5.74) is 1.74. The third kappa shape index (κ3) is 3.57. The van der Waals surface area contributed by atoms with Crippen LogP contribution >= 0.6 is 0 Å². The molecule has 136 valence electrons. The van der Waals surface area contributed by atoms with Gasteiger partial charge in [0.25, 0.3) is 5.91 Å². The predicted octanol–water partition coefficient (Wildman–Crippen LogP) is 3.75. The molecule has 4 rings (SSSR count). The lowest BCUT2D eigenvalue weighted by Gasteiger charge is -2.10. The molecule has 0 unspecified atom stereocenters. The fourth-order valence-corrected chi connectivity index (χ4v) is 2.83. The highest BCUT2D eigenvalue weighted by Gasteiger charge is 2.18. The lowest BCUT2D eigenvalue weighted by molar-refractivity contribution is 0.0996. The number of pyridine rings is 1. The molecule has 2 aromatic carbocycles. The van der Waals surface area contributed by atoms with Crippen molar-refractivity contribution in [2.24, 2.45) is 0 Å². The zero-order valence-electron chi connectivity index (χ0n) is 14.8. The summed E-state index contributed by atoms with van der Waals surface area (Å²) in [6.45, 7) is 0. The molecule has 2 heterocycles. The second-order valence-electron chi connectivity index (χ2n) is 6.07. The molecule has 0 bridgehead atoms. The van der Waals surface area contributed by atoms with Crippen LogP contribution in [-0.2, 0) is 0 Å². The first-order valence-corrected chi connectivity index (χ1v) is 8.67. The third-order valence-electron chi connectivity index (χ3n) is 4.23. The van der Waals surface area contributed by atoms with E-state index in [9.17, 15) is 9.59 Å². The topological polar surface area (TPSA) is 76.9 Å². The van der Waals surface area contributed by atoms with Crippen molar-refractivity contribution in [2.45, 2.75) is 0 Å². The van der Waals surface area contributed by atoms with Gasteiger partial charge in [0.2, 0.25) is 0 Å². The van der Waals surface area contributed by atoms with Gasteiger partial charge < -0.3 is 5.32 Å². The van der Waals surface area contributed by atoms with E-state index in [0.717, 1.165) is 0 Å². The van der Waals surface area contributed by atoms with Crippen molar-refractivity contribution in [3.05, 3.63) is 108 Å². The Morgan fingerprint density at radius 2 is 1.61 bits per heavy atom. The molecule has 0 aliphatic rings. The van der Waals surface area contributed by atoms with Gasteiger partial charge in [-0.15, -0.1) is 0 Å². The van der Waals surface area contributed by atoms with E-state index in [0.29, 0.717) is 28.2 Å². The lowest BCUT2D eigenvalue weighted by atomic mass is 9.98. The van der Waals surface area contributed by atoms with Crippen LogP contribution in [0.4, 0.5) is 5.69 Å². The summed E-state index contributed by atoms with van der Waals surface area (Å²) in [5, 5.41) is 2.80. The molecule has 6 nitrogen and oxygen atoms in total. The summed E-state index contributed by atoms with van der Waals surface area (Å²) < 4.78 is 1.76. The molecular weight excluding hydrogens is 352 g/mol. The van der Waals surface area contributed by atoms with Crippen LogP contribution in [0.3, 0.4) is 0 Å². The average molecular weight is 368 g/mol. The van der Waals surface area contributed by atoms with Crippen LogP contribution in [-0.4, -0.2) is 26.2 Å². The zero-order valence-corrected chi connectivity index (χ0v) is 14.8. The first-order chi connectivity index (χ1) is 13.7. The Morgan fingerprint density at radius 1 is 0.857 bits per heavy atom. The number of nitrogens with zero attached hydrogens (tertiary/aromatic N) is 3. The first kappa shape index (κ1) is 17.4. The Hall–Kier alpha value is -4.06. The molecule has 4 aromatic rings. The third-order valence-corrected chi connectivity index (χ3v) is 4.23. The highest BCUT2D eigenvalue weighted by Crippen LogP contribution is 2.17. The molecular formula is C22H16N4O2. The van der Waals surface area contributed by atoms with E-state index in [-0.39, 0.29) is 11.7 Å². The van der Waals surface area contributed by atoms with Gasteiger partial charge in [-0.05, 0) is 18.2 Å². The number of benzene rings is 2. The predicted molar refractivity (Wildman–Crippen MR) is 106 cm³/mol. The maximum Gasteiger partial charge on any atom is 0.256 e. The van der Waals surface area contributed by atoms with Gasteiger partial charge in [-0.25, -0.2) is 9.97 Å². The number of carbonyl (C=O) groups is 2. The van der Waals surface area contributed by atoms with Crippen LogP contribution in [0.1, 0.15) is 26.3 Å². The minimum atomic E-state index is -0.364. The molecule has 6 heteroatoms. The molecule has 0 saturated carbocycles. The maximum atomic E-state index is 12.8. The number of amides is 1. The van der Waals surface area contributed by atoms with Gasteiger partial charge in [-0.3, -0.25) is 14.2 Å². The molecule has 1 amide bonds. The molecule has 28 heavy (non-hydrogen) atoms. The summed E-state index contributed by atoms with van der Waals surface area (Å²) in [5.74, 6) is 0.132. The van der Waals surface area contributed by atoms with Crippen molar-refractivity contribution in [1.29, 1.82) is 0 Å². The largest absolute Gasteiger partial charge is 0.321 e. The van der Waals surface area contributed by atoms with Gasteiger partial charge in [0.15, 0.2) is 5.78 Å². The van der Waals surface area contributed by atoms with Crippen LogP contribution in [0.25, 0.3) is 5.82 Å². The van der Waals surface area contributed by atoms with E-state index >= 15 is 0 Å². The quantitative estimate of drug-likeness (QED) is 0.544. The highest BCUT2D eigenvalue weighted by molar-refractivity contribution is 6.17. The number of ketones is 1. The Labute approximate surface area is 161 Å². The van der Waals surface area contributed by atoms with Gasteiger partial charge >= 0.3 is 0 Å². The van der Waals surface area contributed by atoms with Crippen LogP contribution < -0.4 is 5.32 Å². The number of carbonyl (C=O) groups excluding carboxylic acids is 2. The summed E-state index contributed by atoms with van der Waals surface area (Å²) in [4.78, 5) is 33.9. The monoisotopic (exact) mass is 368 g/mol. The van der Waals surface area contributed by atoms with Crippen molar-refractivity contribution in [3.8, 4) is 5.82 Å². The molecule has 0 fully saturated rings. The highest BCUT2D eigenvalue weighted by atomic mass is 16.2. The fraction of sp³-hybridized carbons (Fsp3) is 0. The zero-order chi connectivity index (χ0) is 19.3. The van der Waals surface area contributed by atoms with Crippen molar-refractivity contribution < 1.29 is 9.59 Å². The Morgan fingerprint density at radius 3 is 2.29 bits per heavy atom. The fourth-order valence-electron chi connectivity index (χ4n) is 2.83. The second-order valence-corrected chi connectivity index (χ2v) is 6.07. The van der Waals surface area contributed by atoms with Gasteiger partial charge in [0, 0.05) is 23.5 Å². The molecule has 0 aliphatic heterocycles. The summed E-state index contributed by atoms with van der Waals surface area (Å²) in [6.07, 6.45) is 6.66. The van der Waals surface area contributed by atoms with Crippen molar-refractivity contribution in [3.63, 3.8) is 0 Å². The summed E-state index contributed by atoms with van der Waals surface area (Å²) in [6, 6.07) is 19.2. The smallest absolute Gasteiger partial charge is 0.256 e. The van der Waals surface area contributed by atoms with Gasteiger partial charge in [0.05, 0.1) is 17.4 Å². The maximum absolute atomic E-state index is 12.8. The van der Waals surface area contributed by atoms with Crippen LogP contribution in [0, 0.1) is 0 Å². The minimum Gasteiger partial charge on any atom is -0.321 e. The van der Waals surface area contributed by atoms with Crippen LogP contribution in [0.5, 0.6) is 0 Å². The van der Waals surface area contributed by atoms with Crippen molar-refractivity contribution in [2.75, 3.05) is 5.32 Å². The van der Waals surface area contributed by atoms with Crippen LogP contribution in [0.15, 0.2) is 91.6 Å². The van der Waals surface area contributed by atoms with Gasteiger partial charge in [-0.2, -0.15) is 0 Å². The average Bonchev–Trinajstić information content (AvgIpc) is 3.29. The molecule has 0 saturated heterocycles. The van der Waals surface area contributed by atoms with E-state index in [2.05, 4.69) is 15.3 Å². The van der Waals surface area contributed by atoms with Crippen molar-refractivity contribution in [1.82, 2.24) is 14.5 Å². The number of rotatable bonds is 5. The lowest BCUT2D eigenvalue weighted by Crippen LogP contribution is -2.17. The molecule has 0 spiro atoms. The minimum absolute atomic E-state index is 0.195. The Kier molecular flexibility index (Phi) is 4.76. The van der Waals surface area contributed by atoms with E-state index < -0.39 is 0 Å². The van der Waals surface area contributed by atoms with Crippen LogP contribution in [0.2, 0.25) is 0 Å². The number of hydrogen-bond acceptors (Lipinski definition) is 4. The van der Waals surface area contributed by atoms with Gasteiger partial charge in [0.1, 0.15) is 12.1 Å². The first-order valence-electron chi connectivity index (χ1n) is 8.67. The number of imidazole rings is 1. The Balaban J connectivity index is 1.56. The summed E-state index contributed by atoms with van der Waals surface area (Å²) >= 11 is 0. The van der Waals surface area contributed by atoms with Gasteiger partial charge in [-0.1, -0.05) is 48.5 Å². The SMILES string of the molecule is O=C(Nc1ccc(-n2ccnc2)nc1)c1ccccc1C(=O)c1ccccc1. The normalized spacial score (nSPS) is 10.4.